The summed E-state index contributed by atoms with van der Waals surface area (Å²) in [6.45, 7) is 0. The predicted octanol–water partition coefficient (Wildman–Crippen LogP) is 4.31. The van der Waals surface area contributed by atoms with Gasteiger partial charge in [0.2, 0.25) is 0 Å². The van der Waals surface area contributed by atoms with Crippen molar-refractivity contribution < 1.29 is 0 Å². The fraction of sp³-hybridized carbons (Fsp3) is 0.0588. The summed E-state index contributed by atoms with van der Waals surface area (Å²) >= 11 is 5.98. The molecule has 1 atom stereocenters. The van der Waals surface area contributed by atoms with E-state index in [0.29, 0.717) is 0 Å². The van der Waals surface area contributed by atoms with Gasteiger partial charge in [-0.15, -0.1) is 0 Å². The average Bonchev–Trinajstić information content (AvgIpc) is 2.52. The molecule has 0 aliphatic carbocycles. The summed E-state index contributed by atoms with van der Waals surface area (Å²) in [7, 11) is 0. The van der Waals surface area contributed by atoms with E-state index in [1.165, 1.54) is 11.1 Å². The Labute approximate surface area is 123 Å². The molecule has 0 radical (unpaired) electrons. The van der Waals surface area contributed by atoms with Crippen molar-refractivity contribution in [3.05, 3.63) is 95.0 Å². The second-order valence-corrected chi connectivity index (χ2v) is 5.00. The first-order valence-corrected chi connectivity index (χ1v) is 6.78. The molecule has 0 aliphatic rings. The summed E-state index contributed by atoms with van der Waals surface area (Å²) in [6.07, 6.45) is 5.27. The van der Waals surface area contributed by atoms with Gasteiger partial charge in [0.1, 0.15) is 6.33 Å². The monoisotopic (exact) mass is 280 g/mol. The molecule has 0 saturated heterocycles. The summed E-state index contributed by atoms with van der Waals surface area (Å²) in [4.78, 5) is 8.27. The van der Waals surface area contributed by atoms with E-state index in [0.717, 1.165) is 10.6 Å². The van der Waals surface area contributed by atoms with E-state index in [1.54, 1.807) is 6.33 Å². The van der Waals surface area contributed by atoms with Crippen molar-refractivity contribution in [3.63, 3.8) is 0 Å². The van der Waals surface area contributed by atoms with Gasteiger partial charge >= 0.3 is 0 Å². The minimum absolute atomic E-state index is 0.120. The molecule has 98 valence electrons. The number of hydrogen-bond acceptors (Lipinski definition) is 2. The summed E-state index contributed by atoms with van der Waals surface area (Å²) in [5.41, 5.74) is 3.46. The van der Waals surface area contributed by atoms with E-state index >= 15 is 0 Å². The second kappa shape index (κ2) is 5.85. The minimum atomic E-state index is 0.120. The van der Waals surface area contributed by atoms with Crippen molar-refractivity contribution in [1.29, 1.82) is 0 Å². The van der Waals surface area contributed by atoms with Crippen LogP contribution in [0.2, 0.25) is 5.02 Å². The normalized spacial score (nSPS) is 12.1. The van der Waals surface area contributed by atoms with Crippen molar-refractivity contribution in [3.8, 4) is 0 Å². The lowest BCUT2D eigenvalue weighted by Crippen LogP contribution is -2.04. The highest BCUT2D eigenvalue weighted by molar-refractivity contribution is 6.30. The third kappa shape index (κ3) is 2.70. The zero-order chi connectivity index (χ0) is 13.8. The second-order valence-electron chi connectivity index (χ2n) is 4.57. The molecule has 1 unspecified atom stereocenters. The molecular weight excluding hydrogens is 268 g/mol. The molecule has 0 fully saturated rings. The topological polar surface area (TPSA) is 25.8 Å². The number of benzene rings is 2. The van der Waals surface area contributed by atoms with Gasteiger partial charge in [0.15, 0.2) is 0 Å². The number of halogens is 1. The molecule has 3 heteroatoms. The van der Waals surface area contributed by atoms with Crippen LogP contribution in [0.25, 0.3) is 0 Å². The first kappa shape index (κ1) is 12.8. The zero-order valence-corrected chi connectivity index (χ0v) is 11.5. The first-order chi connectivity index (χ1) is 9.84. The number of aromatic nitrogens is 2. The van der Waals surface area contributed by atoms with Gasteiger partial charge in [0, 0.05) is 28.9 Å². The van der Waals surface area contributed by atoms with E-state index < -0.39 is 0 Å². The van der Waals surface area contributed by atoms with Crippen molar-refractivity contribution >= 4 is 11.6 Å². The van der Waals surface area contributed by atoms with Crippen molar-refractivity contribution in [2.75, 3.05) is 0 Å². The third-order valence-electron chi connectivity index (χ3n) is 3.25. The lowest BCUT2D eigenvalue weighted by atomic mass is 9.87. The Morgan fingerprint density at radius 1 is 0.700 bits per heavy atom. The minimum Gasteiger partial charge on any atom is -0.245 e. The smallest absolute Gasteiger partial charge is 0.115 e. The Bertz CT molecular complexity index is 627. The van der Waals surface area contributed by atoms with Crippen LogP contribution >= 0.6 is 11.6 Å². The third-order valence-corrected chi connectivity index (χ3v) is 3.50. The van der Waals surface area contributed by atoms with Gasteiger partial charge in [-0.05, 0) is 23.3 Å². The number of nitrogens with zero attached hydrogens (tertiary/aromatic N) is 2. The fourth-order valence-corrected chi connectivity index (χ4v) is 2.46. The molecular formula is C17H13ClN2. The Kier molecular flexibility index (Phi) is 3.75. The number of hydrogen-bond donors (Lipinski definition) is 0. The van der Waals surface area contributed by atoms with Gasteiger partial charge in [-0.1, -0.05) is 54.1 Å². The molecule has 2 nitrogen and oxygen atoms in total. The van der Waals surface area contributed by atoms with Crippen LogP contribution in [0, 0.1) is 0 Å². The van der Waals surface area contributed by atoms with Crippen LogP contribution in [0.5, 0.6) is 0 Å². The molecule has 0 aliphatic heterocycles. The lowest BCUT2D eigenvalue weighted by molar-refractivity contribution is 0.940. The highest BCUT2D eigenvalue weighted by atomic mass is 35.5. The van der Waals surface area contributed by atoms with Crippen molar-refractivity contribution in [2.45, 2.75) is 5.92 Å². The molecule has 1 heterocycles. The van der Waals surface area contributed by atoms with E-state index in [9.17, 15) is 0 Å². The molecule has 0 spiro atoms. The largest absolute Gasteiger partial charge is 0.245 e. The van der Waals surface area contributed by atoms with E-state index in [1.807, 2.05) is 54.9 Å². The van der Waals surface area contributed by atoms with Gasteiger partial charge in [-0.25, -0.2) is 9.97 Å². The van der Waals surface area contributed by atoms with Crippen molar-refractivity contribution in [1.82, 2.24) is 9.97 Å². The van der Waals surface area contributed by atoms with E-state index in [2.05, 4.69) is 22.1 Å². The van der Waals surface area contributed by atoms with Gasteiger partial charge in [-0.3, -0.25) is 0 Å². The first-order valence-electron chi connectivity index (χ1n) is 6.40. The maximum Gasteiger partial charge on any atom is 0.115 e. The highest BCUT2D eigenvalue weighted by Gasteiger charge is 2.16. The molecule has 0 saturated carbocycles. The Balaban J connectivity index is 2.11. The fourth-order valence-electron chi connectivity index (χ4n) is 2.34. The van der Waals surface area contributed by atoms with Crippen LogP contribution in [-0.2, 0) is 0 Å². The van der Waals surface area contributed by atoms with E-state index in [-0.39, 0.29) is 5.92 Å². The van der Waals surface area contributed by atoms with Crippen LogP contribution in [-0.4, -0.2) is 9.97 Å². The maximum atomic E-state index is 5.98. The maximum absolute atomic E-state index is 5.98. The standard InChI is InChI=1S/C17H13ClN2/c18-16-8-6-14(7-9-16)17(13-4-2-1-3-5-13)15-10-19-12-20-11-15/h1-12,17H. The van der Waals surface area contributed by atoms with Gasteiger partial charge in [0.05, 0.1) is 0 Å². The summed E-state index contributed by atoms with van der Waals surface area (Å²) in [5, 5.41) is 0.741. The quantitative estimate of drug-likeness (QED) is 0.714. The lowest BCUT2D eigenvalue weighted by Gasteiger charge is -2.18. The van der Waals surface area contributed by atoms with Crippen molar-refractivity contribution in [2.24, 2.45) is 0 Å². The molecule has 0 bridgehead atoms. The van der Waals surface area contributed by atoms with Crippen LogP contribution in [0.3, 0.4) is 0 Å². The van der Waals surface area contributed by atoms with Crippen LogP contribution < -0.4 is 0 Å². The SMILES string of the molecule is Clc1ccc(C(c2ccccc2)c2cncnc2)cc1. The van der Waals surface area contributed by atoms with E-state index in [4.69, 9.17) is 11.6 Å². The Hall–Kier alpha value is -2.19. The summed E-state index contributed by atoms with van der Waals surface area (Å²) in [5.74, 6) is 0.120. The summed E-state index contributed by atoms with van der Waals surface area (Å²) < 4.78 is 0. The van der Waals surface area contributed by atoms with Crippen LogP contribution in [0.4, 0.5) is 0 Å². The molecule has 3 aromatic rings. The van der Waals surface area contributed by atoms with Crippen LogP contribution in [0.1, 0.15) is 22.6 Å². The molecule has 0 amide bonds. The Morgan fingerprint density at radius 3 is 1.95 bits per heavy atom. The molecule has 20 heavy (non-hydrogen) atoms. The average molecular weight is 281 g/mol. The zero-order valence-electron chi connectivity index (χ0n) is 10.8. The predicted molar refractivity (Wildman–Crippen MR) is 80.9 cm³/mol. The van der Waals surface area contributed by atoms with Gasteiger partial charge in [0.25, 0.3) is 0 Å². The molecule has 3 rings (SSSR count). The summed E-state index contributed by atoms with van der Waals surface area (Å²) in [6, 6.07) is 18.3. The Morgan fingerprint density at radius 2 is 1.30 bits per heavy atom. The molecule has 0 N–H and O–H groups in total. The highest BCUT2D eigenvalue weighted by Crippen LogP contribution is 2.31. The molecule has 1 aromatic heterocycles. The van der Waals surface area contributed by atoms with Crippen LogP contribution in [0.15, 0.2) is 73.3 Å². The number of rotatable bonds is 3. The molecule has 2 aromatic carbocycles. The van der Waals surface area contributed by atoms with Gasteiger partial charge in [-0.2, -0.15) is 0 Å². The van der Waals surface area contributed by atoms with Gasteiger partial charge < -0.3 is 0 Å².